The molecule has 1 atom stereocenters. The highest BCUT2D eigenvalue weighted by Gasteiger charge is 2.44. The monoisotopic (exact) mass is 355 g/mol. The van der Waals surface area contributed by atoms with Gasteiger partial charge in [0.15, 0.2) is 0 Å². The largest absolute Gasteiger partial charge is 0.361 e. The number of aromatic nitrogens is 1. The number of carbonyl (C=O) groups excluding carboxylic acids is 2. The number of hydrogen-bond acceptors (Lipinski definition) is 4. The number of nitrogens with zero attached hydrogens (tertiary/aromatic N) is 3. The molecular weight excluding hydrogens is 330 g/mol. The molecule has 1 aromatic heterocycles. The van der Waals surface area contributed by atoms with Crippen molar-refractivity contribution in [2.24, 2.45) is 5.41 Å². The minimum Gasteiger partial charge on any atom is -0.361 e. The van der Waals surface area contributed by atoms with Crippen LogP contribution in [0.25, 0.3) is 11.3 Å². The molecule has 3 rings (SSSR count). The van der Waals surface area contributed by atoms with Gasteiger partial charge < -0.3 is 14.3 Å². The van der Waals surface area contributed by atoms with E-state index in [1.54, 1.807) is 30.8 Å². The van der Waals surface area contributed by atoms with Crippen molar-refractivity contribution in [1.29, 1.82) is 0 Å². The zero-order valence-corrected chi connectivity index (χ0v) is 15.6. The lowest BCUT2D eigenvalue weighted by Crippen LogP contribution is -2.53. The van der Waals surface area contributed by atoms with Gasteiger partial charge in [0.25, 0.3) is 0 Å². The molecule has 0 saturated carbocycles. The van der Waals surface area contributed by atoms with E-state index in [4.69, 9.17) is 4.52 Å². The van der Waals surface area contributed by atoms with Crippen LogP contribution in [0, 0.1) is 5.41 Å². The van der Waals surface area contributed by atoms with Crippen molar-refractivity contribution in [2.75, 3.05) is 27.2 Å². The molecule has 0 radical (unpaired) electrons. The lowest BCUT2D eigenvalue weighted by Gasteiger charge is -2.42. The van der Waals surface area contributed by atoms with E-state index in [1.807, 2.05) is 36.4 Å². The lowest BCUT2D eigenvalue weighted by atomic mass is 9.75. The van der Waals surface area contributed by atoms with Crippen LogP contribution in [0.1, 0.15) is 25.5 Å². The van der Waals surface area contributed by atoms with Crippen molar-refractivity contribution < 1.29 is 14.1 Å². The van der Waals surface area contributed by atoms with Gasteiger partial charge in [-0.2, -0.15) is 0 Å². The molecule has 1 aliphatic rings. The lowest BCUT2D eigenvalue weighted by molar-refractivity contribution is -0.146. The van der Waals surface area contributed by atoms with Crippen molar-refractivity contribution in [3.8, 4) is 11.3 Å². The minimum atomic E-state index is -0.666. The molecule has 0 N–H and O–H groups in total. The van der Waals surface area contributed by atoms with Crippen LogP contribution in [0.2, 0.25) is 0 Å². The molecule has 0 bridgehead atoms. The van der Waals surface area contributed by atoms with Crippen molar-refractivity contribution in [2.45, 2.75) is 26.2 Å². The zero-order valence-electron chi connectivity index (χ0n) is 15.6. The Balaban J connectivity index is 1.88. The Hall–Kier alpha value is -2.63. The van der Waals surface area contributed by atoms with E-state index in [0.717, 1.165) is 24.1 Å². The third-order valence-electron chi connectivity index (χ3n) is 5.02. The number of hydrogen-bond donors (Lipinski definition) is 0. The molecule has 138 valence electrons. The van der Waals surface area contributed by atoms with E-state index in [-0.39, 0.29) is 11.8 Å². The number of benzene rings is 1. The fraction of sp³-hybridized carbons (Fsp3) is 0.450. The average molecular weight is 355 g/mol. The molecule has 26 heavy (non-hydrogen) atoms. The fourth-order valence-corrected chi connectivity index (χ4v) is 3.74. The predicted octanol–water partition coefficient (Wildman–Crippen LogP) is 2.60. The van der Waals surface area contributed by atoms with Gasteiger partial charge in [-0.25, -0.2) is 0 Å². The van der Waals surface area contributed by atoms with E-state index < -0.39 is 5.41 Å². The summed E-state index contributed by atoms with van der Waals surface area (Å²) in [5.41, 5.74) is 1.07. The zero-order chi connectivity index (χ0) is 18.7. The summed E-state index contributed by atoms with van der Waals surface area (Å²) in [5.74, 6) is 0.703. The summed E-state index contributed by atoms with van der Waals surface area (Å²) < 4.78 is 5.55. The first kappa shape index (κ1) is 18.2. The van der Waals surface area contributed by atoms with Gasteiger partial charge in [0.1, 0.15) is 11.5 Å². The van der Waals surface area contributed by atoms with Crippen LogP contribution >= 0.6 is 0 Å². The van der Waals surface area contributed by atoms with Crippen LogP contribution in [-0.2, 0) is 16.0 Å². The first-order valence-corrected chi connectivity index (χ1v) is 8.89. The van der Waals surface area contributed by atoms with Gasteiger partial charge in [0, 0.05) is 52.2 Å². The van der Waals surface area contributed by atoms with Gasteiger partial charge in [0.05, 0.1) is 5.41 Å². The van der Waals surface area contributed by atoms with Gasteiger partial charge in [-0.15, -0.1) is 0 Å². The summed E-state index contributed by atoms with van der Waals surface area (Å²) in [7, 11) is 3.51. The summed E-state index contributed by atoms with van der Waals surface area (Å²) in [5, 5.41) is 4.16. The van der Waals surface area contributed by atoms with Crippen molar-refractivity contribution in [3.63, 3.8) is 0 Å². The topological polar surface area (TPSA) is 66.7 Å². The average Bonchev–Trinajstić information content (AvgIpc) is 3.10. The molecule has 2 amide bonds. The molecule has 1 saturated heterocycles. The quantitative estimate of drug-likeness (QED) is 0.845. The fourth-order valence-electron chi connectivity index (χ4n) is 3.74. The van der Waals surface area contributed by atoms with Crippen LogP contribution in [-0.4, -0.2) is 54.0 Å². The summed E-state index contributed by atoms with van der Waals surface area (Å²) in [6.07, 6.45) is 1.97. The van der Waals surface area contributed by atoms with Crippen LogP contribution in [0.4, 0.5) is 0 Å². The Labute approximate surface area is 153 Å². The number of rotatable bonds is 4. The predicted molar refractivity (Wildman–Crippen MR) is 98.3 cm³/mol. The van der Waals surface area contributed by atoms with Crippen LogP contribution in [0.3, 0.4) is 0 Å². The maximum Gasteiger partial charge on any atom is 0.230 e. The number of carbonyl (C=O) groups is 2. The normalized spacial score (nSPS) is 20.0. The molecule has 2 aromatic rings. The summed E-state index contributed by atoms with van der Waals surface area (Å²) in [6.45, 7) is 2.67. The summed E-state index contributed by atoms with van der Waals surface area (Å²) >= 11 is 0. The van der Waals surface area contributed by atoms with Crippen LogP contribution < -0.4 is 0 Å². The van der Waals surface area contributed by atoms with Crippen molar-refractivity contribution >= 4 is 11.8 Å². The summed E-state index contributed by atoms with van der Waals surface area (Å²) in [4.78, 5) is 28.3. The van der Waals surface area contributed by atoms with E-state index in [0.29, 0.717) is 25.3 Å². The molecule has 1 aromatic carbocycles. The standard InChI is InChI=1S/C20H25N3O3/c1-15(24)23-11-7-10-20(14-23,19(25)22(2)3)13-17-12-18(21-26-17)16-8-5-4-6-9-16/h4-6,8-9,12H,7,10-11,13-14H2,1-3H3. The number of amides is 2. The molecule has 6 heteroatoms. The highest BCUT2D eigenvalue weighted by atomic mass is 16.5. The highest BCUT2D eigenvalue weighted by molar-refractivity contribution is 5.84. The van der Waals surface area contributed by atoms with Crippen molar-refractivity contribution in [1.82, 2.24) is 15.0 Å². The van der Waals surface area contributed by atoms with Crippen LogP contribution in [0.5, 0.6) is 0 Å². The molecule has 0 spiro atoms. The van der Waals surface area contributed by atoms with Crippen molar-refractivity contribution in [3.05, 3.63) is 42.2 Å². The smallest absolute Gasteiger partial charge is 0.230 e. The van der Waals surface area contributed by atoms with E-state index in [2.05, 4.69) is 5.16 Å². The van der Waals surface area contributed by atoms with Crippen LogP contribution in [0.15, 0.2) is 40.9 Å². The van der Waals surface area contributed by atoms with E-state index in [1.165, 1.54) is 0 Å². The Bertz CT molecular complexity index is 785. The molecule has 1 unspecified atom stereocenters. The van der Waals surface area contributed by atoms with E-state index in [9.17, 15) is 9.59 Å². The Morgan fingerprint density at radius 3 is 2.65 bits per heavy atom. The SMILES string of the molecule is CC(=O)N1CCCC(Cc2cc(-c3ccccc3)no2)(C(=O)N(C)C)C1. The first-order valence-electron chi connectivity index (χ1n) is 8.89. The molecule has 1 aliphatic heterocycles. The maximum absolute atomic E-state index is 13.0. The second-order valence-corrected chi connectivity index (χ2v) is 7.25. The van der Waals surface area contributed by atoms with Gasteiger partial charge in [-0.3, -0.25) is 9.59 Å². The second-order valence-electron chi connectivity index (χ2n) is 7.25. The highest BCUT2D eigenvalue weighted by Crippen LogP contribution is 2.36. The van der Waals surface area contributed by atoms with Gasteiger partial charge >= 0.3 is 0 Å². The van der Waals surface area contributed by atoms with Gasteiger partial charge in [0.2, 0.25) is 11.8 Å². The molecule has 1 fully saturated rings. The molecule has 0 aliphatic carbocycles. The first-order chi connectivity index (χ1) is 12.4. The molecule has 2 heterocycles. The second kappa shape index (κ2) is 7.32. The van der Waals surface area contributed by atoms with E-state index >= 15 is 0 Å². The Morgan fingerprint density at radius 1 is 1.27 bits per heavy atom. The van der Waals surface area contributed by atoms with Gasteiger partial charge in [-0.05, 0) is 12.8 Å². The molecular formula is C20H25N3O3. The number of likely N-dealkylation sites (tertiary alicyclic amines) is 1. The van der Waals surface area contributed by atoms with Gasteiger partial charge in [-0.1, -0.05) is 35.5 Å². The number of piperidine rings is 1. The molecule has 6 nitrogen and oxygen atoms in total. The maximum atomic E-state index is 13.0. The minimum absolute atomic E-state index is 0.00294. The third-order valence-corrected chi connectivity index (χ3v) is 5.02. The third kappa shape index (κ3) is 3.64. The summed E-state index contributed by atoms with van der Waals surface area (Å²) in [6, 6.07) is 11.7. The Morgan fingerprint density at radius 2 is 2.00 bits per heavy atom. The Kier molecular flexibility index (Phi) is 5.11.